The van der Waals surface area contributed by atoms with Crippen molar-refractivity contribution in [3.63, 3.8) is 0 Å². The third-order valence-electron chi connectivity index (χ3n) is 6.21. The van der Waals surface area contributed by atoms with Crippen LogP contribution in [0.4, 0.5) is 19.0 Å². The summed E-state index contributed by atoms with van der Waals surface area (Å²) in [6.07, 6.45) is -3.14. The summed E-state index contributed by atoms with van der Waals surface area (Å²) >= 11 is 0. The van der Waals surface area contributed by atoms with Crippen LogP contribution in [0.2, 0.25) is 0 Å². The lowest BCUT2D eigenvalue weighted by molar-refractivity contribution is -0.153. The van der Waals surface area contributed by atoms with Crippen molar-refractivity contribution in [3.8, 4) is 5.75 Å². The van der Waals surface area contributed by atoms with E-state index in [4.69, 9.17) is 19.9 Å². The summed E-state index contributed by atoms with van der Waals surface area (Å²) in [6.45, 7) is 6.78. The number of hydrogen-bond donors (Lipinski definition) is 2. The molecule has 226 valence electrons. The van der Waals surface area contributed by atoms with Gasteiger partial charge in [0.25, 0.3) is 0 Å². The Bertz CT molecular complexity index is 1380. The zero-order chi connectivity index (χ0) is 30.4. The predicted octanol–water partition coefficient (Wildman–Crippen LogP) is 4.93. The van der Waals surface area contributed by atoms with Gasteiger partial charge >= 0.3 is 12.1 Å². The number of alkyl halides is 3. The number of methoxy groups -OCH3 is 1. The third-order valence-corrected chi connectivity index (χ3v) is 8.81. The van der Waals surface area contributed by atoms with Crippen LogP contribution in [0.15, 0.2) is 36.9 Å². The second-order valence-electron chi connectivity index (χ2n) is 10.4. The van der Waals surface area contributed by atoms with E-state index in [2.05, 4.69) is 20.0 Å². The third kappa shape index (κ3) is 8.40. The van der Waals surface area contributed by atoms with E-state index < -0.39 is 49.5 Å². The van der Waals surface area contributed by atoms with Gasteiger partial charge in [-0.15, -0.1) is 0 Å². The van der Waals surface area contributed by atoms with Crippen LogP contribution in [-0.2, 0) is 25.4 Å². The van der Waals surface area contributed by atoms with Gasteiger partial charge in [-0.2, -0.15) is 13.2 Å². The topological polar surface area (TPSA) is 143 Å². The number of hydrogen-bond acceptors (Lipinski definition) is 9. The Morgan fingerprint density at radius 2 is 1.95 bits per heavy atom. The van der Waals surface area contributed by atoms with Crippen LogP contribution in [0, 0.1) is 5.41 Å². The smallest absolute Gasteiger partial charge is 0.408 e. The number of ether oxygens (including phenoxy) is 3. The first-order valence-corrected chi connectivity index (χ1v) is 15.0. The summed E-state index contributed by atoms with van der Waals surface area (Å²) in [5.74, 6) is -0.260. The fraction of sp³-hybridized carbons (Fsp3) is 0.538. The van der Waals surface area contributed by atoms with Crippen molar-refractivity contribution in [2.45, 2.75) is 59.0 Å². The van der Waals surface area contributed by atoms with Crippen LogP contribution in [0.25, 0.3) is 11.2 Å². The lowest BCUT2D eigenvalue weighted by Gasteiger charge is -2.33. The molecular formula is C26H36F3N6O5P. The monoisotopic (exact) mass is 600 g/mol. The van der Waals surface area contributed by atoms with Crippen LogP contribution in [0.1, 0.15) is 45.7 Å². The zero-order valence-electron chi connectivity index (χ0n) is 23.6. The average molecular weight is 601 g/mol. The van der Waals surface area contributed by atoms with Gasteiger partial charge in [-0.1, -0.05) is 19.1 Å². The van der Waals surface area contributed by atoms with Gasteiger partial charge < -0.3 is 29.1 Å². The second kappa shape index (κ2) is 13.2. The SMILES string of the molecule is CCCOC(=O)C(C)(C)CP(=O)(CO[C@H](C)Cn1cnc2c(N)ncnc21)N[C@H](c1cccc(OC)c1)C(F)(F)F. The standard InChI is InChI=1S/C26H36F3N6O5P/c1-6-10-39-24(36)25(3,4)13-41(37,34-21(26(27,28)29)18-8-7-9-19(11-18)38-5)16-40-17(2)12-35-15-33-20-22(30)31-14-32-23(20)35/h7-9,11,14-15,17,21H,6,10,12-13,16H2,1-5H3,(H,34,37)(H2,30,31,32)/t17-,21-,41?/m1/s1. The first kappa shape index (κ1) is 32.3. The molecule has 3 N–H and O–H groups in total. The molecule has 2 heterocycles. The Kier molecular flexibility index (Phi) is 10.4. The number of fused-ring (bicyclic) bond motifs is 1. The zero-order valence-corrected chi connectivity index (χ0v) is 24.5. The molecule has 0 amide bonds. The van der Waals surface area contributed by atoms with Gasteiger partial charge in [-0.25, -0.2) is 20.0 Å². The largest absolute Gasteiger partial charge is 0.497 e. The molecule has 0 spiro atoms. The van der Waals surface area contributed by atoms with Crippen molar-refractivity contribution in [1.82, 2.24) is 24.6 Å². The van der Waals surface area contributed by atoms with Gasteiger partial charge in [-0.3, -0.25) is 4.79 Å². The van der Waals surface area contributed by atoms with Crippen LogP contribution in [0.5, 0.6) is 5.75 Å². The van der Waals surface area contributed by atoms with E-state index in [0.717, 1.165) is 0 Å². The number of nitrogens with zero attached hydrogens (tertiary/aromatic N) is 4. The quantitative estimate of drug-likeness (QED) is 0.193. The van der Waals surface area contributed by atoms with Crippen molar-refractivity contribution < 1.29 is 36.7 Å². The maximum absolute atomic E-state index is 14.4. The Morgan fingerprint density at radius 3 is 2.61 bits per heavy atom. The van der Waals surface area contributed by atoms with Gasteiger partial charge in [0.05, 0.1) is 38.1 Å². The molecule has 0 radical (unpaired) electrons. The lowest BCUT2D eigenvalue weighted by atomic mass is 9.97. The molecular weight excluding hydrogens is 564 g/mol. The summed E-state index contributed by atoms with van der Waals surface area (Å²) in [5, 5.41) is 2.34. The number of carbonyl (C=O) groups excluding carboxylic acids is 1. The summed E-state index contributed by atoms with van der Waals surface area (Å²) in [7, 11) is -2.74. The van der Waals surface area contributed by atoms with E-state index in [-0.39, 0.29) is 30.3 Å². The minimum Gasteiger partial charge on any atom is -0.497 e. The predicted molar refractivity (Wildman–Crippen MR) is 148 cm³/mol. The summed E-state index contributed by atoms with van der Waals surface area (Å²) in [5.41, 5.74) is 5.11. The maximum atomic E-state index is 14.4. The number of halogens is 3. The van der Waals surface area contributed by atoms with Crippen LogP contribution >= 0.6 is 7.29 Å². The average Bonchev–Trinajstić information content (AvgIpc) is 3.32. The molecule has 0 saturated carbocycles. The lowest BCUT2D eigenvalue weighted by Crippen LogP contribution is -2.38. The molecule has 41 heavy (non-hydrogen) atoms. The highest BCUT2D eigenvalue weighted by atomic mass is 31.2. The van der Waals surface area contributed by atoms with Gasteiger partial charge in [0, 0.05) is 6.16 Å². The molecule has 1 aromatic carbocycles. The minimum absolute atomic E-state index is 0.134. The Balaban J connectivity index is 1.89. The van der Waals surface area contributed by atoms with Crippen molar-refractivity contribution in [1.29, 1.82) is 0 Å². The van der Waals surface area contributed by atoms with Crippen molar-refractivity contribution in [2.75, 3.05) is 32.0 Å². The normalized spacial score (nSPS) is 15.3. The molecule has 0 aliphatic rings. The number of nitrogens with one attached hydrogen (secondary N) is 1. The van der Waals surface area contributed by atoms with E-state index in [1.165, 1.54) is 57.9 Å². The molecule has 3 rings (SSSR count). The molecule has 0 bridgehead atoms. The van der Waals surface area contributed by atoms with Crippen molar-refractivity contribution in [2.24, 2.45) is 5.41 Å². The molecule has 15 heteroatoms. The number of esters is 1. The fourth-order valence-corrected chi connectivity index (χ4v) is 7.15. The summed E-state index contributed by atoms with van der Waals surface area (Å²) in [6, 6.07) is 3.08. The highest BCUT2D eigenvalue weighted by Gasteiger charge is 2.47. The summed E-state index contributed by atoms with van der Waals surface area (Å²) < 4.78 is 75.3. The molecule has 0 aliphatic carbocycles. The molecule has 2 aromatic heterocycles. The number of carbonyl (C=O) groups is 1. The van der Waals surface area contributed by atoms with Crippen molar-refractivity contribution >= 4 is 30.2 Å². The first-order valence-electron chi connectivity index (χ1n) is 13.0. The molecule has 0 fully saturated rings. The number of nitrogens with two attached hydrogens (primary N) is 1. The van der Waals surface area contributed by atoms with E-state index >= 15 is 0 Å². The highest BCUT2D eigenvalue weighted by Crippen LogP contribution is 2.51. The van der Waals surface area contributed by atoms with Gasteiger partial charge in [0.15, 0.2) is 18.8 Å². The molecule has 3 aromatic rings. The summed E-state index contributed by atoms with van der Waals surface area (Å²) in [4.78, 5) is 25.0. The number of nitrogen functional groups attached to an aromatic ring is 1. The van der Waals surface area contributed by atoms with E-state index in [1.807, 2.05) is 6.92 Å². The first-order chi connectivity index (χ1) is 19.2. The van der Waals surface area contributed by atoms with Crippen LogP contribution in [-0.4, -0.2) is 64.0 Å². The highest BCUT2D eigenvalue weighted by molar-refractivity contribution is 7.61. The molecule has 11 nitrogen and oxygen atoms in total. The Labute approximate surface area is 236 Å². The maximum Gasteiger partial charge on any atom is 0.408 e. The molecule has 0 aliphatic heterocycles. The fourth-order valence-electron chi connectivity index (χ4n) is 4.22. The van der Waals surface area contributed by atoms with Crippen molar-refractivity contribution in [3.05, 3.63) is 42.5 Å². The number of aromatic nitrogens is 4. The number of imidazole rings is 1. The van der Waals surface area contributed by atoms with Gasteiger partial charge in [0.1, 0.15) is 30.0 Å². The number of benzene rings is 1. The van der Waals surface area contributed by atoms with Crippen LogP contribution in [0.3, 0.4) is 0 Å². The van der Waals surface area contributed by atoms with Gasteiger partial charge in [0.2, 0.25) is 0 Å². The molecule has 1 unspecified atom stereocenters. The number of rotatable bonds is 14. The Morgan fingerprint density at radius 1 is 1.22 bits per heavy atom. The van der Waals surface area contributed by atoms with E-state index in [1.54, 1.807) is 11.5 Å². The minimum atomic E-state index is -4.82. The second-order valence-corrected chi connectivity index (χ2v) is 13.0. The van der Waals surface area contributed by atoms with Gasteiger partial charge in [-0.05, 0) is 44.9 Å². The Hall–Kier alpha value is -3.22. The van der Waals surface area contributed by atoms with E-state index in [0.29, 0.717) is 17.6 Å². The molecule has 3 atom stereocenters. The van der Waals surface area contributed by atoms with Crippen LogP contribution < -0.4 is 15.6 Å². The molecule has 0 saturated heterocycles. The number of anilines is 1. The van der Waals surface area contributed by atoms with E-state index in [9.17, 15) is 22.5 Å².